The molecule has 2 heteroatoms. The van der Waals surface area contributed by atoms with Crippen LogP contribution in [0.25, 0.3) is 0 Å². The predicted molar refractivity (Wildman–Crippen MR) is 110 cm³/mol. The standard InChI is InChI=1S/C24H34O2/c1-5-9-19-15-17(11-13-23(19)25)21(7-3)22(8-4)18-12-14-24(26)20(16-18)10-6-2/h11-16,21-22,25-26H,5-10H2,1-4H3. The number of rotatable bonds is 9. The highest BCUT2D eigenvalue weighted by Crippen LogP contribution is 2.40. The van der Waals surface area contributed by atoms with E-state index in [4.69, 9.17) is 0 Å². The quantitative estimate of drug-likeness (QED) is 0.526. The third kappa shape index (κ3) is 4.60. The summed E-state index contributed by atoms with van der Waals surface area (Å²) in [5.41, 5.74) is 4.72. The SMILES string of the molecule is CCCc1cc(C(CC)C(CC)c2ccc(O)c(CCC)c2)ccc1O. The number of aryl methyl sites for hydroxylation is 2. The van der Waals surface area contributed by atoms with Gasteiger partial charge in [-0.1, -0.05) is 64.8 Å². The molecule has 0 radical (unpaired) electrons. The first-order valence-corrected chi connectivity index (χ1v) is 10.2. The Kier molecular flexibility index (Phi) is 7.56. The van der Waals surface area contributed by atoms with E-state index in [1.807, 2.05) is 12.1 Å². The van der Waals surface area contributed by atoms with Crippen molar-refractivity contribution in [3.8, 4) is 11.5 Å². The maximum Gasteiger partial charge on any atom is 0.118 e. The van der Waals surface area contributed by atoms with Crippen LogP contribution in [-0.2, 0) is 12.8 Å². The van der Waals surface area contributed by atoms with E-state index in [1.165, 1.54) is 11.1 Å². The van der Waals surface area contributed by atoms with Crippen LogP contribution in [0.3, 0.4) is 0 Å². The lowest BCUT2D eigenvalue weighted by Crippen LogP contribution is -2.11. The van der Waals surface area contributed by atoms with E-state index >= 15 is 0 Å². The van der Waals surface area contributed by atoms with Gasteiger partial charge in [-0.2, -0.15) is 0 Å². The van der Waals surface area contributed by atoms with Crippen molar-refractivity contribution >= 4 is 0 Å². The van der Waals surface area contributed by atoms with E-state index < -0.39 is 0 Å². The van der Waals surface area contributed by atoms with Gasteiger partial charge in [0, 0.05) is 0 Å². The topological polar surface area (TPSA) is 40.5 Å². The van der Waals surface area contributed by atoms with E-state index in [2.05, 4.69) is 52.0 Å². The fourth-order valence-electron chi connectivity index (χ4n) is 4.12. The third-order valence-electron chi connectivity index (χ3n) is 5.47. The van der Waals surface area contributed by atoms with Crippen molar-refractivity contribution in [1.29, 1.82) is 0 Å². The largest absolute Gasteiger partial charge is 0.508 e. The van der Waals surface area contributed by atoms with Gasteiger partial charge >= 0.3 is 0 Å². The molecule has 0 aliphatic carbocycles. The molecule has 0 saturated heterocycles. The highest BCUT2D eigenvalue weighted by molar-refractivity contribution is 5.42. The van der Waals surface area contributed by atoms with E-state index in [-0.39, 0.29) is 0 Å². The Morgan fingerprint density at radius 2 is 1.04 bits per heavy atom. The fourth-order valence-corrected chi connectivity index (χ4v) is 4.12. The minimum absolute atomic E-state index is 0.411. The monoisotopic (exact) mass is 354 g/mol. The smallest absolute Gasteiger partial charge is 0.118 e. The van der Waals surface area contributed by atoms with Crippen molar-refractivity contribution in [2.45, 2.75) is 78.1 Å². The molecule has 0 spiro atoms. The van der Waals surface area contributed by atoms with Crippen LogP contribution in [0.4, 0.5) is 0 Å². The van der Waals surface area contributed by atoms with Crippen LogP contribution in [0.15, 0.2) is 36.4 Å². The average Bonchev–Trinajstić information content (AvgIpc) is 2.64. The second-order valence-electron chi connectivity index (χ2n) is 7.31. The molecule has 26 heavy (non-hydrogen) atoms. The average molecular weight is 355 g/mol. The zero-order chi connectivity index (χ0) is 19.1. The molecule has 0 aromatic heterocycles. The molecule has 0 fully saturated rings. The first kappa shape index (κ1) is 20.4. The van der Waals surface area contributed by atoms with Gasteiger partial charge in [0.2, 0.25) is 0 Å². The van der Waals surface area contributed by atoms with Gasteiger partial charge in [0.15, 0.2) is 0 Å². The molecule has 0 bridgehead atoms. The highest BCUT2D eigenvalue weighted by atomic mass is 16.3. The Morgan fingerprint density at radius 3 is 1.35 bits per heavy atom. The lowest BCUT2D eigenvalue weighted by Gasteiger charge is -2.27. The summed E-state index contributed by atoms with van der Waals surface area (Å²) in [5.74, 6) is 1.65. The van der Waals surface area contributed by atoms with Crippen LogP contribution in [0.1, 0.15) is 87.5 Å². The lowest BCUT2D eigenvalue weighted by molar-refractivity contribution is 0.462. The minimum atomic E-state index is 0.411. The Morgan fingerprint density at radius 1 is 0.654 bits per heavy atom. The Bertz CT molecular complexity index is 644. The van der Waals surface area contributed by atoms with Gasteiger partial charge in [0.1, 0.15) is 11.5 Å². The molecule has 2 aromatic carbocycles. The van der Waals surface area contributed by atoms with Crippen molar-refractivity contribution in [2.24, 2.45) is 0 Å². The van der Waals surface area contributed by atoms with Crippen LogP contribution in [0.5, 0.6) is 11.5 Å². The molecule has 0 heterocycles. The van der Waals surface area contributed by atoms with Gasteiger partial charge in [0.05, 0.1) is 0 Å². The molecule has 2 unspecified atom stereocenters. The molecule has 2 aromatic rings. The molecule has 2 atom stereocenters. The predicted octanol–water partition coefficient (Wildman–Crippen LogP) is 6.69. The van der Waals surface area contributed by atoms with E-state index in [0.717, 1.165) is 49.7 Å². The van der Waals surface area contributed by atoms with E-state index in [1.54, 1.807) is 0 Å². The maximum absolute atomic E-state index is 10.1. The van der Waals surface area contributed by atoms with E-state index in [0.29, 0.717) is 23.3 Å². The van der Waals surface area contributed by atoms with Gasteiger partial charge in [-0.05, 0) is 71.9 Å². The summed E-state index contributed by atoms with van der Waals surface area (Å²) in [7, 11) is 0. The highest BCUT2D eigenvalue weighted by Gasteiger charge is 2.23. The Balaban J connectivity index is 2.40. The number of phenolic OH excluding ortho intramolecular Hbond substituents is 2. The second-order valence-corrected chi connectivity index (χ2v) is 7.31. The Hall–Kier alpha value is -1.96. The molecular weight excluding hydrogens is 320 g/mol. The summed E-state index contributed by atoms with van der Waals surface area (Å²) in [4.78, 5) is 0. The number of aromatic hydroxyl groups is 2. The van der Waals surface area contributed by atoms with Crippen LogP contribution in [0.2, 0.25) is 0 Å². The van der Waals surface area contributed by atoms with Gasteiger partial charge in [-0.25, -0.2) is 0 Å². The number of phenols is 2. The van der Waals surface area contributed by atoms with E-state index in [9.17, 15) is 10.2 Å². The number of hydrogen-bond donors (Lipinski definition) is 2. The lowest BCUT2D eigenvalue weighted by atomic mass is 9.77. The van der Waals surface area contributed by atoms with Crippen LogP contribution in [-0.4, -0.2) is 10.2 Å². The normalized spacial score (nSPS) is 13.5. The first-order valence-electron chi connectivity index (χ1n) is 10.2. The molecule has 2 N–H and O–H groups in total. The van der Waals surface area contributed by atoms with Gasteiger partial charge < -0.3 is 10.2 Å². The molecule has 0 aliphatic heterocycles. The molecule has 2 rings (SSSR count). The zero-order valence-corrected chi connectivity index (χ0v) is 16.8. The molecular formula is C24H34O2. The summed E-state index contributed by atoms with van der Waals surface area (Å²) in [6.07, 6.45) is 5.99. The van der Waals surface area contributed by atoms with Crippen molar-refractivity contribution in [3.63, 3.8) is 0 Å². The maximum atomic E-state index is 10.1. The molecule has 0 amide bonds. The van der Waals surface area contributed by atoms with Crippen LogP contribution < -0.4 is 0 Å². The molecule has 2 nitrogen and oxygen atoms in total. The van der Waals surface area contributed by atoms with Crippen molar-refractivity contribution in [2.75, 3.05) is 0 Å². The number of benzene rings is 2. The van der Waals surface area contributed by atoms with Gasteiger partial charge in [-0.3, -0.25) is 0 Å². The van der Waals surface area contributed by atoms with Crippen LogP contribution in [0, 0.1) is 0 Å². The van der Waals surface area contributed by atoms with Crippen molar-refractivity contribution < 1.29 is 10.2 Å². The summed E-state index contributed by atoms with van der Waals surface area (Å²) < 4.78 is 0. The molecule has 142 valence electrons. The molecule has 0 saturated carbocycles. The second kappa shape index (κ2) is 9.66. The van der Waals surface area contributed by atoms with Crippen LogP contribution >= 0.6 is 0 Å². The summed E-state index contributed by atoms with van der Waals surface area (Å²) in [6, 6.07) is 12.3. The van der Waals surface area contributed by atoms with Gasteiger partial charge in [-0.15, -0.1) is 0 Å². The van der Waals surface area contributed by atoms with Crippen molar-refractivity contribution in [1.82, 2.24) is 0 Å². The summed E-state index contributed by atoms with van der Waals surface area (Å²) in [5, 5.41) is 20.3. The Labute approximate surface area is 158 Å². The van der Waals surface area contributed by atoms with Gasteiger partial charge in [0.25, 0.3) is 0 Å². The van der Waals surface area contributed by atoms with Crippen molar-refractivity contribution in [3.05, 3.63) is 58.7 Å². The zero-order valence-electron chi connectivity index (χ0n) is 16.8. The molecule has 0 aliphatic rings. The number of hydrogen-bond acceptors (Lipinski definition) is 2. The summed E-state index contributed by atoms with van der Waals surface area (Å²) in [6.45, 7) is 8.77. The fraction of sp³-hybridized carbons (Fsp3) is 0.500. The first-order chi connectivity index (χ1) is 12.5. The minimum Gasteiger partial charge on any atom is -0.508 e. The summed E-state index contributed by atoms with van der Waals surface area (Å²) >= 11 is 0. The third-order valence-corrected chi connectivity index (χ3v) is 5.47.